The average molecular weight is 252 g/mol. The summed E-state index contributed by atoms with van der Waals surface area (Å²) in [4.78, 5) is 4.33. The Morgan fingerprint density at radius 2 is 2.00 bits per heavy atom. The first-order valence-corrected chi connectivity index (χ1v) is 7.05. The summed E-state index contributed by atoms with van der Waals surface area (Å²) in [5.41, 5.74) is 0.193. The van der Waals surface area contributed by atoms with Gasteiger partial charge in [0, 0.05) is 18.4 Å². The van der Waals surface area contributed by atoms with Crippen molar-refractivity contribution in [2.75, 3.05) is 6.54 Å². The molecule has 0 unspecified atom stereocenters. The van der Waals surface area contributed by atoms with Crippen LogP contribution < -0.4 is 5.32 Å². The molecule has 0 saturated heterocycles. The lowest BCUT2D eigenvalue weighted by Gasteiger charge is -2.20. The van der Waals surface area contributed by atoms with Crippen LogP contribution in [0.2, 0.25) is 0 Å². The van der Waals surface area contributed by atoms with E-state index < -0.39 is 0 Å². The van der Waals surface area contributed by atoms with Gasteiger partial charge >= 0.3 is 0 Å². The SMILES string of the molecule is CC(C)CCc1cnc(CCCNC(C)(C)C)o1. The van der Waals surface area contributed by atoms with Crippen molar-refractivity contribution in [2.45, 2.75) is 65.8 Å². The van der Waals surface area contributed by atoms with Crippen LogP contribution in [0.15, 0.2) is 10.6 Å². The van der Waals surface area contributed by atoms with Gasteiger partial charge in [0.25, 0.3) is 0 Å². The minimum Gasteiger partial charge on any atom is -0.446 e. The molecule has 0 fully saturated rings. The third-order valence-corrected chi connectivity index (χ3v) is 2.79. The molecule has 1 aromatic rings. The molecule has 3 nitrogen and oxygen atoms in total. The van der Waals surface area contributed by atoms with Gasteiger partial charge in [0.15, 0.2) is 5.89 Å². The van der Waals surface area contributed by atoms with E-state index in [1.807, 2.05) is 6.20 Å². The lowest BCUT2D eigenvalue weighted by Crippen LogP contribution is -2.36. The lowest BCUT2D eigenvalue weighted by molar-refractivity contribution is 0.402. The normalized spacial score (nSPS) is 12.3. The molecule has 0 aliphatic rings. The average Bonchev–Trinajstić information content (AvgIpc) is 2.68. The lowest BCUT2D eigenvalue weighted by atomic mass is 10.1. The first kappa shape index (κ1) is 15.2. The number of hydrogen-bond donors (Lipinski definition) is 1. The molecule has 0 radical (unpaired) electrons. The van der Waals surface area contributed by atoms with Gasteiger partial charge in [-0.3, -0.25) is 0 Å². The third kappa shape index (κ3) is 6.80. The fourth-order valence-corrected chi connectivity index (χ4v) is 1.71. The Morgan fingerprint density at radius 3 is 2.61 bits per heavy atom. The van der Waals surface area contributed by atoms with Gasteiger partial charge in [-0.2, -0.15) is 0 Å². The molecule has 0 spiro atoms. The predicted octanol–water partition coefficient (Wildman–Crippen LogP) is 3.58. The maximum absolute atomic E-state index is 5.73. The maximum atomic E-state index is 5.73. The molecule has 0 bridgehead atoms. The third-order valence-electron chi connectivity index (χ3n) is 2.79. The summed E-state index contributed by atoms with van der Waals surface area (Å²) < 4.78 is 5.73. The van der Waals surface area contributed by atoms with Crippen molar-refractivity contribution in [3.05, 3.63) is 17.8 Å². The number of aryl methyl sites for hydroxylation is 2. The van der Waals surface area contributed by atoms with Crippen LogP contribution in [-0.4, -0.2) is 17.1 Å². The van der Waals surface area contributed by atoms with Gasteiger partial charge in [0.1, 0.15) is 5.76 Å². The second-order valence-corrected chi connectivity index (χ2v) is 6.43. The number of nitrogens with one attached hydrogen (secondary N) is 1. The first-order chi connectivity index (χ1) is 8.37. The largest absolute Gasteiger partial charge is 0.446 e. The van der Waals surface area contributed by atoms with Crippen molar-refractivity contribution >= 4 is 0 Å². The van der Waals surface area contributed by atoms with Gasteiger partial charge in [-0.15, -0.1) is 0 Å². The van der Waals surface area contributed by atoms with E-state index in [0.29, 0.717) is 0 Å². The number of rotatable bonds is 7. The van der Waals surface area contributed by atoms with E-state index in [1.165, 1.54) is 6.42 Å². The molecule has 0 amide bonds. The molecule has 0 aliphatic carbocycles. The second-order valence-electron chi connectivity index (χ2n) is 6.43. The number of hydrogen-bond acceptors (Lipinski definition) is 3. The molecular weight excluding hydrogens is 224 g/mol. The van der Waals surface area contributed by atoms with Crippen LogP contribution in [0.5, 0.6) is 0 Å². The van der Waals surface area contributed by atoms with E-state index >= 15 is 0 Å². The first-order valence-electron chi connectivity index (χ1n) is 7.05. The molecule has 1 rings (SSSR count). The summed E-state index contributed by atoms with van der Waals surface area (Å²) in [6.07, 6.45) is 6.05. The smallest absolute Gasteiger partial charge is 0.194 e. The van der Waals surface area contributed by atoms with Crippen LogP contribution in [0, 0.1) is 5.92 Å². The topological polar surface area (TPSA) is 38.1 Å². The van der Waals surface area contributed by atoms with Crippen molar-refractivity contribution in [1.82, 2.24) is 10.3 Å². The molecule has 1 heterocycles. The highest BCUT2D eigenvalue weighted by Gasteiger charge is 2.09. The van der Waals surface area contributed by atoms with Gasteiger partial charge in [-0.1, -0.05) is 13.8 Å². The number of nitrogens with zero attached hydrogens (tertiary/aromatic N) is 1. The fraction of sp³-hybridized carbons (Fsp3) is 0.800. The Hall–Kier alpha value is -0.830. The van der Waals surface area contributed by atoms with E-state index in [1.54, 1.807) is 0 Å². The molecule has 0 aromatic carbocycles. The van der Waals surface area contributed by atoms with Gasteiger partial charge < -0.3 is 9.73 Å². The zero-order valence-electron chi connectivity index (χ0n) is 12.5. The quantitative estimate of drug-likeness (QED) is 0.754. The minimum atomic E-state index is 0.193. The minimum absolute atomic E-state index is 0.193. The van der Waals surface area contributed by atoms with Gasteiger partial charge in [-0.05, 0) is 46.1 Å². The van der Waals surface area contributed by atoms with Gasteiger partial charge in [-0.25, -0.2) is 4.98 Å². The zero-order chi connectivity index (χ0) is 13.6. The van der Waals surface area contributed by atoms with E-state index in [9.17, 15) is 0 Å². The molecule has 1 aromatic heterocycles. The second kappa shape index (κ2) is 6.93. The number of aromatic nitrogens is 1. The summed E-state index contributed by atoms with van der Waals surface area (Å²) in [6.45, 7) is 12.0. The molecule has 0 atom stereocenters. The van der Waals surface area contributed by atoms with Crippen molar-refractivity contribution in [3.8, 4) is 0 Å². The van der Waals surface area contributed by atoms with E-state index in [0.717, 1.165) is 43.4 Å². The van der Waals surface area contributed by atoms with Crippen LogP contribution >= 0.6 is 0 Å². The van der Waals surface area contributed by atoms with E-state index in [2.05, 4.69) is 44.9 Å². The molecule has 1 N–H and O–H groups in total. The highest BCUT2D eigenvalue weighted by molar-refractivity contribution is 4.94. The summed E-state index contributed by atoms with van der Waals surface area (Å²) in [7, 11) is 0. The Balaban J connectivity index is 2.23. The van der Waals surface area contributed by atoms with Crippen molar-refractivity contribution < 1.29 is 4.42 Å². The Labute approximate surface area is 111 Å². The van der Waals surface area contributed by atoms with Crippen molar-refractivity contribution in [1.29, 1.82) is 0 Å². The van der Waals surface area contributed by atoms with Crippen LogP contribution in [0.1, 0.15) is 59.1 Å². The molecule has 0 saturated carbocycles. The maximum Gasteiger partial charge on any atom is 0.194 e. The summed E-state index contributed by atoms with van der Waals surface area (Å²) in [6, 6.07) is 0. The van der Waals surface area contributed by atoms with Gasteiger partial charge in [0.2, 0.25) is 0 Å². The Kier molecular flexibility index (Phi) is 5.86. The molecule has 0 aliphatic heterocycles. The van der Waals surface area contributed by atoms with Crippen LogP contribution in [0.25, 0.3) is 0 Å². The molecule has 3 heteroatoms. The predicted molar refractivity (Wildman–Crippen MR) is 75.7 cm³/mol. The van der Waals surface area contributed by atoms with Crippen LogP contribution in [0.4, 0.5) is 0 Å². The highest BCUT2D eigenvalue weighted by Crippen LogP contribution is 2.11. The standard InChI is InChI=1S/C15H28N2O/c1-12(2)8-9-13-11-16-14(18-13)7-6-10-17-15(3,4)5/h11-12,17H,6-10H2,1-5H3. The molecule has 104 valence electrons. The van der Waals surface area contributed by atoms with E-state index in [-0.39, 0.29) is 5.54 Å². The Morgan fingerprint density at radius 1 is 1.28 bits per heavy atom. The van der Waals surface area contributed by atoms with Gasteiger partial charge in [0.05, 0.1) is 6.20 Å². The molecule has 18 heavy (non-hydrogen) atoms. The zero-order valence-corrected chi connectivity index (χ0v) is 12.5. The number of oxazole rings is 1. The van der Waals surface area contributed by atoms with Crippen LogP contribution in [0.3, 0.4) is 0 Å². The Bertz CT molecular complexity index is 337. The summed E-state index contributed by atoms with van der Waals surface area (Å²) >= 11 is 0. The highest BCUT2D eigenvalue weighted by atomic mass is 16.4. The van der Waals surface area contributed by atoms with Crippen molar-refractivity contribution in [3.63, 3.8) is 0 Å². The fourth-order valence-electron chi connectivity index (χ4n) is 1.71. The van der Waals surface area contributed by atoms with Crippen molar-refractivity contribution in [2.24, 2.45) is 5.92 Å². The van der Waals surface area contributed by atoms with E-state index in [4.69, 9.17) is 4.42 Å². The summed E-state index contributed by atoms with van der Waals surface area (Å²) in [5.74, 6) is 2.63. The monoisotopic (exact) mass is 252 g/mol. The molecular formula is C15H28N2O. The summed E-state index contributed by atoms with van der Waals surface area (Å²) in [5, 5.41) is 3.47. The van der Waals surface area contributed by atoms with Crippen LogP contribution in [-0.2, 0) is 12.8 Å².